The number of nitrogens with two attached hydrogens (primary N) is 2. The number of benzene rings is 2. The second-order valence-corrected chi connectivity index (χ2v) is 7.15. The van der Waals surface area contributed by atoms with E-state index < -0.39 is 33.5 Å². The molecule has 0 aromatic heterocycles. The lowest BCUT2D eigenvalue weighted by Crippen LogP contribution is -2.22. The number of halogens is 3. The average molecular weight is 390 g/mol. The summed E-state index contributed by atoms with van der Waals surface area (Å²) in [5.41, 5.74) is 10.4. The lowest BCUT2D eigenvalue weighted by atomic mass is 10.1. The topological polar surface area (TPSA) is 111 Å². The minimum atomic E-state index is -5.00. The fraction of sp³-hybridized carbons (Fsp3) is 0.200. The van der Waals surface area contributed by atoms with Gasteiger partial charge in [0.2, 0.25) is 0 Å². The standard InChI is InChI=1S/C15H17F3N4O3S/c1-22(2)13-11(21-26(23,24)9-6-4-3-5-7-9)8-10(19)14(12(13)20)25-15(16,17)18/h3-8,21H,19-20H2,1-2H3. The number of rotatable bonds is 5. The SMILES string of the molecule is CN(C)c1c(NS(=O)(=O)c2ccccc2)cc(N)c(OC(F)(F)F)c1N. The van der Waals surface area contributed by atoms with Crippen molar-refractivity contribution in [2.45, 2.75) is 11.3 Å². The molecule has 11 heteroatoms. The van der Waals surface area contributed by atoms with Gasteiger partial charge in [-0.15, -0.1) is 13.2 Å². The first kappa shape index (κ1) is 19.5. The summed E-state index contributed by atoms with van der Waals surface area (Å²) in [5.74, 6) is -0.788. The maximum atomic E-state index is 12.6. The summed E-state index contributed by atoms with van der Waals surface area (Å²) in [6.07, 6.45) is -5.00. The number of hydrogen-bond donors (Lipinski definition) is 3. The van der Waals surface area contributed by atoms with Gasteiger partial charge >= 0.3 is 6.36 Å². The van der Waals surface area contributed by atoms with Crippen molar-refractivity contribution in [1.82, 2.24) is 0 Å². The van der Waals surface area contributed by atoms with E-state index in [1.807, 2.05) is 0 Å². The van der Waals surface area contributed by atoms with Crippen molar-refractivity contribution in [3.05, 3.63) is 36.4 Å². The van der Waals surface area contributed by atoms with E-state index in [1.54, 1.807) is 6.07 Å². The number of nitrogen functional groups attached to an aromatic ring is 2. The Hall–Kier alpha value is -2.82. The molecule has 26 heavy (non-hydrogen) atoms. The van der Waals surface area contributed by atoms with Gasteiger partial charge in [0.25, 0.3) is 10.0 Å². The van der Waals surface area contributed by atoms with Crippen molar-refractivity contribution in [3.8, 4) is 5.75 Å². The number of anilines is 4. The van der Waals surface area contributed by atoms with Crippen LogP contribution >= 0.6 is 0 Å². The van der Waals surface area contributed by atoms with Gasteiger partial charge in [-0.2, -0.15) is 0 Å². The van der Waals surface area contributed by atoms with Crippen LogP contribution in [-0.2, 0) is 10.0 Å². The third kappa shape index (κ3) is 4.23. The summed E-state index contributed by atoms with van der Waals surface area (Å²) in [6.45, 7) is 0. The van der Waals surface area contributed by atoms with Crippen LogP contribution in [0.5, 0.6) is 5.75 Å². The van der Waals surface area contributed by atoms with E-state index in [2.05, 4.69) is 9.46 Å². The molecule has 0 aliphatic carbocycles. The lowest BCUT2D eigenvalue weighted by Gasteiger charge is -2.24. The van der Waals surface area contributed by atoms with Gasteiger partial charge in [-0.3, -0.25) is 4.72 Å². The van der Waals surface area contributed by atoms with Crippen molar-refractivity contribution < 1.29 is 26.3 Å². The molecule has 2 aromatic carbocycles. The molecule has 2 aromatic rings. The molecule has 2 rings (SSSR count). The first-order valence-corrected chi connectivity index (χ1v) is 8.63. The Morgan fingerprint density at radius 1 is 1.12 bits per heavy atom. The largest absolute Gasteiger partial charge is 0.573 e. The molecule has 0 radical (unpaired) electrons. The smallest absolute Gasteiger partial charge is 0.401 e. The van der Waals surface area contributed by atoms with Crippen molar-refractivity contribution in [3.63, 3.8) is 0 Å². The Balaban J connectivity index is 2.56. The van der Waals surface area contributed by atoms with Gasteiger partial charge in [-0.25, -0.2) is 8.42 Å². The van der Waals surface area contributed by atoms with E-state index in [0.717, 1.165) is 6.07 Å². The minimum Gasteiger partial charge on any atom is -0.401 e. The van der Waals surface area contributed by atoms with E-state index >= 15 is 0 Å². The second-order valence-electron chi connectivity index (χ2n) is 5.47. The molecule has 0 bridgehead atoms. The van der Waals surface area contributed by atoms with Gasteiger partial charge in [0, 0.05) is 14.1 Å². The molecule has 0 saturated heterocycles. The molecular formula is C15H17F3N4O3S. The predicted molar refractivity (Wildman–Crippen MR) is 93.5 cm³/mol. The van der Waals surface area contributed by atoms with Crippen molar-refractivity contribution in [2.75, 3.05) is 35.2 Å². The summed E-state index contributed by atoms with van der Waals surface area (Å²) in [7, 11) is -1.03. The average Bonchev–Trinajstić information content (AvgIpc) is 2.50. The second kappa shape index (κ2) is 6.83. The van der Waals surface area contributed by atoms with E-state index in [0.29, 0.717) is 0 Å². The van der Waals surface area contributed by atoms with Crippen LogP contribution in [0, 0.1) is 0 Å². The van der Waals surface area contributed by atoms with Crippen molar-refractivity contribution >= 4 is 32.8 Å². The van der Waals surface area contributed by atoms with Gasteiger partial charge in [-0.05, 0) is 18.2 Å². The van der Waals surface area contributed by atoms with Gasteiger partial charge in [-0.1, -0.05) is 18.2 Å². The van der Waals surface area contributed by atoms with Crippen LogP contribution < -0.4 is 25.8 Å². The summed E-state index contributed by atoms with van der Waals surface area (Å²) >= 11 is 0. The molecule has 0 aliphatic heterocycles. The molecule has 0 atom stereocenters. The molecule has 0 spiro atoms. The fourth-order valence-corrected chi connectivity index (χ4v) is 3.37. The molecule has 0 aliphatic rings. The highest BCUT2D eigenvalue weighted by Crippen LogP contribution is 2.45. The van der Waals surface area contributed by atoms with Crippen LogP contribution in [0.1, 0.15) is 0 Å². The highest BCUT2D eigenvalue weighted by Gasteiger charge is 2.34. The van der Waals surface area contributed by atoms with Crippen LogP contribution in [-0.4, -0.2) is 28.9 Å². The van der Waals surface area contributed by atoms with Crippen molar-refractivity contribution in [2.24, 2.45) is 0 Å². The molecule has 0 unspecified atom stereocenters. The Labute approximate surface area is 148 Å². The highest BCUT2D eigenvalue weighted by atomic mass is 32.2. The van der Waals surface area contributed by atoms with E-state index in [1.165, 1.54) is 43.3 Å². The molecule has 0 amide bonds. The van der Waals surface area contributed by atoms with E-state index in [4.69, 9.17) is 11.5 Å². The number of ether oxygens (including phenoxy) is 1. The number of nitrogens with one attached hydrogen (secondary N) is 1. The van der Waals surface area contributed by atoms with Gasteiger partial charge in [0.15, 0.2) is 5.75 Å². The lowest BCUT2D eigenvalue weighted by molar-refractivity contribution is -0.274. The number of hydrogen-bond acceptors (Lipinski definition) is 6. The van der Waals surface area contributed by atoms with Gasteiger partial charge in [0.1, 0.15) is 5.69 Å². The zero-order valence-electron chi connectivity index (χ0n) is 13.8. The third-order valence-electron chi connectivity index (χ3n) is 3.28. The number of nitrogens with zero attached hydrogens (tertiary/aromatic N) is 1. The number of sulfonamides is 1. The molecule has 142 valence electrons. The molecule has 0 saturated carbocycles. The Kier molecular flexibility index (Phi) is 5.12. The molecular weight excluding hydrogens is 373 g/mol. The summed E-state index contributed by atoms with van der Waals surface area (Å²) in [5, 5.41) is 0. The monoisotopic (exact) mass is 390 g/mol. The summed E-state index contributed by atoms with van der Waals surface area (Å²) < 4.78 is 68.8. The minimum absolute atomic E-state index is 0.0158. The Bertz CT molecular complexity index is 901. The van der Waals surface area contributed by atoms with Crippen LogP contribution in [0.25, 0.3) is 0 Å². The van der Waals surface area contributed by atoms with Crippen LogP contribution in [0.2, 0.25) is 0 Å². The summed E-state index contributed by atoms with van der Waals surface area (Å²) in [4.78, 5) is 1.32. The molecule has 7 nitrogen and oxygen atoms in total. The molecule has 5 N–H and O–H groups in total. The summed E-state index contributed by atoms with van der Waals surface area (Å²) in [6, 6.07) is 8.46. The van der Waals surface area contributed by atoms with Crippen LogP contribution in [0.4, 0.5) is 35.9 Å². The Morgan fingerprint density at radius 2 is 1.69 bits per heavy atom. The fourth-order valence-electron chi connectivity index (χ4n) is 2.29. The Morgan fingerprint density at radius 3 is 2.19 bits per heavy atom. The zero-order valence-corrected chi connectivity index (χ0v) is 14.6. The van der Waals surface area contributed by atoms with Crippen LogP contribution in [0.15, 0.2) is 41.3 Å². The first-order valence-electron chi connectivity index (χ1n) is 7.15. The normalized spacial score (nSPS) is 11.9. The zero-order chi connectivity index (χ0) is 19.7. The first-order chi connectivity index (χ1) is 11.9. The number of alkyl halides is 3. The molecule has 0 heterocycles. The molecule has 0 fully saturated rings. The van der Waals surface area contributed by atoms with Crippen LogP contribution in [0.3, 0.4) is 0 Å². The van der Waals surface area contributed by atoms with Gasteiger partial charge in [0.05, 0.1) is 22.0 Å². The van der Waals surface area contributed by atoms with Gasteiger partial charge < -0.3 is 21.1 Å². The van der Waals surface area contributed by atoms with E-state index in [-0.39, 0.29) is 16.3 Å². The predicted octanol–water partition coefficient (Wildman–Crippen LogP) is 2.62. The maximum Gasteiger partial charge on any atom is 0.573 e. The van der Waals surface area contributed by atoms with Crippen molar-refractivity contribution in [1.29, 1.82) is 0 Å². The third-order valence-corrected chi connectivity index (χ3v) is 4.66. The quantitative estimate of drug-likeness (QED) is 0.677. The van der Waals surface area contributed by atoms with E-state index in [9.17, 15) is 21.6 Å². The maximum absolute atomic E-state index is 12.6. The highest BCUT2D eigenvalue weighted by molar-refractivity contribution is 7.92.